The van der Waals surface area contributed by atoms with Crippen LogP contribution in [0.15, 0.2) is 54.1 Å². The molecular formula is C20H19F4N5O2S. The molecule has 0 radical (unpaired) electrons. The Morgan fingerprint density at radius 1 is 1.03 bits per heavy atom. The predicted molar refractivity (Wildman–Crippen MR) is 106 cm³/mol. The van der Waals surface area contributed by atoms with Gasteiger partial charge in [0.1, 0.15) is 12.7 Å². The van der Waals surface area contributed by atoms with Crippen molar-refractivity contribution in [1.29, 1.82) is 0 Å². The smallest absolute Gasteiger partial charge is 0.317 e. The van der Waals surface area contributed by atoms with Crippen molar-refractivity contribution in [2.45, 2.75) is 48.8 Å². The highest BCUT2D eigenvalue weighted by Gasteiger charge is 2.34. The van der Waals surface area contributed by atoms with E-state index in [0.717, 1.165) is 37.2 Å². The van der Waals surface area contributed by atoms with Crippen LogP contribution >= 0.6 is 0 Å². The number of pyridine rings is 1. The first-order valence-corrected chi connectivity index (χ1v) is 11.3. The third kappa shape index (κ3) is 4.96. The zero-order valence-electron chi connectivity index (χ0n) is 16.6. The van der Waals surface area contributed by atoms with Crippen molar-refractivity contribution < 1.29 is 26.0 Å². The molecule has 170 valence electrons. The van der Waals surface area contributed by atoms with Crippen molar-refractivity contribution in [3.05, 3.63) is 60.7 Å². The second-order valence-corrected chi connectivity index (χ2v) is 9.37. The summed E-state index contributed by atoms with van der Waals surface area (Å²) >= 11 is 0. The van der Waals surface area contributed by atoms with Gasteiger partial charge in [0.15, 0.2) is 0 Å². The molecule has 0 bridgehead atoms. The minimum absolute atomic E-state index is 0.0108. The summed E-state index contributed by atoms with van der Waals surface area (Å²) in [5.74, 6) is -0.885. The topological polar surface area (TPSA) is 89.8 Å². The fraction of sp³-hybridized carbons (Fsp3) is 0.350. The van der Waals surface area contributed by atoms with Gasteiger partial charge in [0.25, 0.3) is 0 Å². The maximum Gasteiger partial charge on any atom is 0.416 e. The van der Waals surface area contributed by atoms with Gasteiger partial charge in [0.05, 0.1) is 10.5 Å². The second-order valence-electron chi connectivity index (χ2n) is 7.66. The number of aromatic nitrogens is 4. The summed E-state index contributed by atoms with van der Waals surface area (Å²) in [6.45, 7) is 0. The average Bonchev–Trinajstić information content (AvgIpc) is 3.28. The largest absolute Gasteiger partial charge is 0.416 e. The summed E-state index contributed by atoms with van der Waals surface area (Å²) < 4.78 is 84.3. The lowest BCUT2D eigenvalue weighted by Crippen LogP contribution is -2.38. The van der Waals surface area contributed by atoms with Crippen molar-refractivity contribution >= 4 is 10.0 Å². The number of benzene rings is 1. The maximum atomic E-state index is 13.5. The van der Waals surface area contributed by atoms with E-state index in [0.29, 0.717) is 18.9 Å². The summed E-state index contributed by atoms with van der Waals surface area (Å²) in [4.78, 5) is 2.85. The molecule has 1 saturated carbocycles. The van der Waals surface area contributed by atoms with Gasteiger partial charge in [-0.15, -0.1) is 10.2 Å². The van der Waals surface area contributed by atoms with E-state index in [-0.39, 0.29) is 17.2 Å². The number of alkyl halides is 3. The van der Waals surface area contributed by atoms with E-state index >= 15 is 0 Å². The molecule has 0 saturated heterocycles. The molecule has 12 heteroatoms. The lowest BCUT2D eigenvalue weighted by molar-refractivity contribution is -0.137. The molecule has 2 heterocycles. The first kappa shape index (κ1) is 22.3. The summed E-state index contributed by atoms with van der Waals surface area (Å²) in [6, 6.07) is 4.27. The van der Waals surface area contributed by atoms with E-state index in [2.05, 4.69) is 19.9 Å². The summed E-state index contributed by atoms with van der Waals surface area (Å²) in [5.41, 5.74) is -1.13. The Labute approximate surface area is 181 Å². The third-order valence-corrected chi connectivity index (χ3v) is 6.93. The zero-order chi connectivity index (χ0) is 22.9. The Bertz CT molecular complexity index is 1200. The molecule has 1 aromatic carbocycles. The van der Waals surface area contributed by atoms with Gasteiger partial charge in [-0.05, 0) is 61.1 Å². The fourth-order valence-electron chi connectivity index (χ4n) is 3.89. The van der Waals surface area contributed by atoms with Crippen LogP contribution in [0.25, 0.3) is 11.1 Å². The minimum atomic E-state index is -4.78. The van der Waals surface area contributed by atoms with Crippen LogP contribution in [0, 0.1) is 5.95 Å². The molecule has 0 spiro atoms. The Balaban J connectivity index is 1.65. The van der Waals surface area contributed by atoms with Crippen LogP contribution < -0.4 is 4.72 Å². The SMILES string of the molecule is O=S(=O)(NC1CCCC(n2cnnc2)C1)c1cc(-c2ccnc(F)c2)cc(C(F)(F)F)c1. The molecule has 3 aromatic rings. The lowest BCUT2D eigenvalue weighted by atomic mass is 9.91. The van der Waals surface area contributed by atoms with E-state index in [1.807, 2.05) is 0 Å². The van der Waals surface area contributed by atoms with Crippen molar-refractivity contribution in [1.82, 2.24) is 24.5 Å². The second kappa shape index (κ2) is 8.58. The first-order chi connectivity index (χ1) is 15.1. The summed E-state index contributed by atoms with van der Waals surface area (Å²) in [6.07, 6.45) is 1.99. The normalized spacial score (nSPS) is 19.8. The summed E-state index contributed by atoms with van der Waals surface area (Å²) in [7, 11) is -4.28. The van der Waals surface area contributed by atoms with Gasteiger partial charge < -0.3 is 4.57 Å². The third-order valence-electron chi connectivity index (χ3n) is 5.43. The number of hydrogen-bond acceptors (Lipinski definition) is 5. The quantitative estimate of drug-likeness (QED) is 0.451. The van der Waals surface area contributed by atoms with Gasteiger partial charge in [-0.25, -0.2) is 18.1 Å². The Morgan fingerprint density at radius 2 is 1.78 bits per heavy atom. The number of nitrogens with one attached hydrogen (secondary N) is 1. The van der Waals surface area contributed by atoms with Crippen LogP contribution in [0.4, 0.5) is 17.6 Å². The predicted octanol–water partition coefficient (Wildman–Crippen LogP) is 3.96. The molecule has 0 amide bonds. The number of nitrogens with zero attached hydrogens (tertiary/aromatic N) is 4. The fourth-order valence-corrected chi connectivity index (χ4v) is 5.25. The van der Waals surface area contributed by atoms with Gasteiger partial charge in [0.2, 0.25) is 16.0 Å². The van der Waals surface area contributed by atoms with Crippen LogP contribution in [0.3, 0.4) is 0 Å². The van der Waals surface area contributed by atoms with Gasteiger partial charge in [-0.1, -0.05) is 0 Å². The van der Waals surface area contributed by atoms with Crippen molar-refractivity contribution in [2.24, 2.45) is 0 Å². The molecule has 0 aliphatic heterocycles. The van der Waals surface area contributed by atoms with Gasteiger partial charge in [0, 0.05) is 24.3 Å². The maximum absolute atomic E-state index is 13.5. The van der Waals surface area contributed by atoms with E-state index in [1.54, 1.807) is 17.2 Å². The van der Waals surface area contributed by atoms with E-state index in [1.165, 1.54) is 6.07 Å². The van der Waals surface area contributed by atoms with Crippen molar-refractivity contribution in [3.63, 3.8) is 0 Å². The molecule has 2 atom stereocenters. The number of sulfonamides is 1. The van der Waals surface area contributed by atoms with E-state index < -0.39 is 38.6 Å². The molecule has 2 unspecified atom stereocenters. The standard InChI is InChI=1S/C20H19F4N5O2S/c21-19-8-13(4-5-25-19)14-6-15(20(22,23)24)9-18(7-14)32(30,31)28-16-2-1-3-17(10-16)29-11-26-27-12-29/h4-9,11-12,16-17,28H,1-3,10H2. The van der Waals surface area contributed by atoms with E-state index in [9.17, 15) is 26.0 Å². The van der Waals surface area contributed by atoms with Crippen LogP contribution in [0.1, 0.15) is 37.3 Å². The van der Waals surface area contributed by atoms with Gasteiger partial charge in [-0.3, -0.25) is 0 Å². The number of hydrogen-bond donors (Lipinski definition) is 1. The minimum Gasteiger partial charge on any atom is -0.317 e. The molecular weight excluding hydrogens is 450 g/mol. The zero-order valence-corrected chi connectivity index (χ0v) is 17.4. The lowest BCUT2D eigenvalue weighted by Gasteiger charge is -2.30. The Hall–Kier alpha value is -2.86. The van der Waals surface area contributed by atoms with E-state index in [4.69, 9.17) is 0 Å². The van der Waals surface area contributed by atoms with Gasteiger partial charge in [-0.2, -0.15) is 17.6 Å². The summed E-state index contributed by atoms with van der Waals surface area (Å²) in [5, 5.41) is 7.52. The monoisotopic (exact) mass is 469 g/mol. The molecule has 1 aliphatic rings. The molecule has 1 aliphatic carbocycles. The van der Waals surface area contributed by atoms with Crippen molar-refractivity contribution in [2.75, 3.05) is 0 Å². The number of rotatable bonds is 5. The van der Waals surface area contributed by atoms with Crippen LogP contribution in [0.5, 0.6) is 0 Å². The molecule has 1 fully saturated rings. The molecule has 1 N–H and O–H groups in total. The van der Waals surface area contributed by atoms with Crippen LogP contribution in [-0.4, -0.2) is 34.2 Å². The molecule has 2 aromatic heterocycles. The highest BCUT2D eigenvalue weighted by Crippen LogP contribution is 2.35. The average molecular weight is 469 g/mol. The first-order valence-electron chi connectivity index (χ1n) is 9.82. The highest BCUT2D eigenvalue weighted by molar-refractivity contribution is 7.89. The van der Waals surface area contributed by atoms with Crippen molar-refractivity contribution in [3.8, 4) is 11.1 Å². The van der Waals surface area contributed by atoms with Gasteiger partial charge >= 0.3 is 6.18 Å². The van der Waals surface area contributed by atoms with Crippen LogP contribution in [-0.2, 0) is 16.2 Å². The highest BCUT2D eigenvalue weighted by atomic mass is 32.2. The van der Waals surface area contributed by atoms with Crippen LogP contribution in [0.2, 0.25) is 0 Å². The molecule has 32 heavy (non-hydrogen) atoms. The molecule has 7 nitrogen and oxygen atoms in total. The number of halogens is 4. The Morgan fingerprint density at radius 3 is 2.47 bits per heavy atom. The molecule has 4 rings (SSSR count). The Kier molecular flexibility index (Phi) is 5.99.